The van der Waals surface area contributed by atoms with Gasteiger partial charge in [0, 0.05) is 17.1 Å². The van der Waals surface area contributed by atoms with Gasteiger partial charge in [-0.1, -0.05) is 6.07 Å². The van der Waals surface area contributed by atoms with Crippen molar-refractivity contribution in [2.45, 2.75) is 45.3 Å². The zero-order valence-electron chi connectivity index (χ0n) is 10.5. The molecule has 0 radical (unpaired) electrons. The van der Waals surface area contributed by atoms with E-state index in [1.165, 1.54) is 24.9 Å². The number of aliphatic hydroxyl groups is 1. The smallest absolute Gasteiger partial charge is 0.0762 e. The first-order chi connectivity index (χ1) is 8.09. The molecule has 2 nitrogen and oxygen atoms in total. The second kappa shape index (κ2) is 5.40. The van der Waals surface area contributed by atoms with Gasteiger partial charge in [0.05, 0.1) is 11.8 Å². The fraction of sp³-hybridized carbons (Fsp3) is 0.571. The van der Waals surface area contributed by atoms with Crippen molar-refractivity contribution in [2.75, 3.05) is 11.4 Å². The summed E-state index contributed by atoms with van der Waals surface area (Å²) in [6.07, 6.45) is 3.47. The van der Waals surface area contributed by atoms with Gasteiger partial charge in [-0.05, 0) is 66.7 Å². The lowest BCUT2D eigenvalue weighted by molar-refractivity contribution is 0.199. The molecule has 0 aliphatic carbocycles. The summed E-state index contributed by atoms with van der Waals surface area (Å²) in [5.74, 6) is 0. The van der Waals surface area contributed by atoms with Crippen LogP contribution in [0.2, 0.25) is 0 Å². The van der Waals surface area contributed by atoms with E-state index in [2.05, 4.69) is 33.8 Å². The molecular formula is C14H20BrNO. The number of piperidine rings is 1. The lowest BCUT2D eigenvalue weighted by Gasteiger charge is -2.36. The quantitative estimate of drug-likeness (QED) is 0.895. The number of nitrogens with zero attached hydrogens (tertiary/aromatic N) is 1. The van der Waals surface area contributed by atoms with E-state index in [1.807, 2.05) is 12.1 Å². The summed E-state index contributed by atoms with van der Waals surface area (Å²) < 4.78 is 1.09. The molecule has 0 spiro atoms. The maximum atomic E-state index is 9.57. The van der Waals surface area contributed by atoms with Crippen LogP contribution in [0.1, 0.15) is 44.8 Å². The third kappa shape index (κ3) is 2.83. The van der Waals surface area contributed by atoms with E-state index in [0.717, 1.165) is 16.6 Å². The van der Waals surface area contributed by atoms with Crippen molar-refractivity contribution in [2.24, 2.45) is 0 Å². The van der Waals surface area contributed by atoms with Gasteiger partial charge in [0.2, 0.25) is 0 Å². The highest BCUT2D eigenvalue weighted by atomic mass is 79.9. The van der Waals surface area contributed by atoms with Crippen molar-refractivity contribution in [3.8, 4) is 0 Å². The van der Waals surface area contributed by atoms with Gasteiger partial charge in [-0.3, -0.25) is 0 Å². The molecule has 94 valence electrons. The Bertz CT molecular complexity index is 392. The van der Waals surface area contributed by atoms with Crippen LogP contribution < -0.4 is 4.90 Å². The van der Waals surface area contributed by atoms with Crippen LogP contribution >= 0.6 is 15.9 Å². The molecule has 2 atom stereocenters. The van der Waals surface area contributed by atoms with Crippen molar-refractivity contribution in [3.05, 3.63) is 28.2 Å². The average molecular weight is 298 g/mol. The first-order valence-corrected chi connectivity index (χ1v) is 7.13. The van der Waals surface area contributed by atoms with Gasteiger partial charge in [0.1, 0.15) is 0 Å². The highest BCUT2D eigenvalue weighted by Gasteiger charge is 2.20. The average Bonchev–Trinajstić information content (AvgIpc) is 2.30. The van der Waals surface area contributed by atoms with Crippen LogP contribution in [0.4, 0.5) is 5.69 Å². The first kappa shape index (κ1) is 12.9. The first-order valence-electron chi connectivity index (χ1n) is 6.33. The molecule has 2 rings (SSSR count). The summed E-state index contributed by atoms with van der Waals surface area (Å²) in [6.45, 7) is 5.22. The molecule has 1 aromatic rings. The lowest BCUT2D eigenvalue weighted by Crippen LogP contribution is -2.37. The molecule has 1 N–H and O–H groups in total. The van der Waals surface area contributed by atoms with Crippen molar-refractivity contribution in [1.29, 1.82) is 0 Å². The predicted molar refractivity (Wildman–Crippen MR) is 75.4 cm³/mol. The molecule has 0 saturated carbocycles. The number of hydrogen-bond donors (Lipinski definition) is 1. The number of rotatable bonds is 2. The Labute approximate surface area is 112 Å². The Balaban J connectivity index is 2.26. The summed E-state index contributed by atoms with van der Waals surface area (Å²) in [6, 6.07) is 6.78. The molecule has 1 saturated heterocycles. The molecule has 1 aliphatic rings. The summed E-state index contributed by atoms with van der Waals surface area (Å²) in [5.41, 5.74) is 2.21. The fourth-order valence-electron chi connectivity index (χ4n) is 2.47. The largest absolute Gasteiger partial charge is 0.389 e. The highest BCUT2D eigenvalue weighted by molar-refractivity contribution is 9.10. The molecule has 0 bridgehead atoms. The molecule has 3 heteroatoms. The summed E-state index contributed by atoms with van der Waals surface area (Å²) in [4.78, 5) is 2.46. The van der Waals surface area contributed by atoms with E-state index >= 15 is 0 Å². The highest BCUT2D eigenvalue weighted by Crippen LogP contribution is 2.33. The number of anilines is 1. The topological polar surface area (TPSA) is 23.5 Å². The van der Waals surface area contributed by atoms with E-state index < -0.39 is 6.10 Å². The molecule has 17 heavy (non-hydrogen) atoms. The summed E-state index contributed by atoms with van der Waals surface area (Å²) >= 11 is 3.63. The van der Waals surface area contributed by atoms with Crippen molar-refractivity contribution in [3.63, 3.8) is 0 Å². The van der Waals surface area contributed by atoms with Gasteiger partial charge < -0.3 is 10.0 Å². The Morgan fingerprint density at radius 1 is 1.41 bits per heavy atom. The molecular weight excluding hydrogens is 278 g/mol. The Hall–Kier alpha value is -0.540. The molecule has 1 aromatic carbocycles. The number of aliphatic hydroxyl groups excluding tert-OH is 1. The van der Waals surface area contributed by atoms with E-state index in [0.29, 0.717) is 6.04 Å². The monoisotopic (exact) mass is 297 g/mol. The number of hydrogen-bond acceptors (Lipinski definition) is 2. The van der Waals surface area contributed by atoms with Crippen LogP contribution in [0.15, 0.2) is 22.7 Å². The minimum absolute atomic E-state index is 0.404. The minimum atomic E-state index is -0.404. The van der Waals surface area contributed by atoms with Gasteiger partial charge in [0.15, 0.2) is 0 Å². The predicted octanol–water partition coefficient (Wildman–Crippen LogP) is 3.88. The zero-order chi connectivity index (χ0) is 12.4. The molecule has 0 amide bonds. The Morgan fingerprint density at radius 2 is 2.18 bits per heavy atom. The van der Waals surface area contributed by atoms with E-state index in [9.17, 15) is 5.11 Å². The maximum Gasteiger partial charge on any atom is 0.0762 e. The third-order valence-electron chi connectivity index (χ3n) is 3.57. The standard InChI is InChI=1S/C14H20BrNO/c1-10-5-3-4-8-16(10)14-7-6-12(11(2)17)9-13(14)15/h6-7,9-11,17H,3-5,8H2,1-2H3/t10?,11-/m1/s1. The van der Waals surface area contributed by atoms with E-state index in [4.69, 9.17) is 0 Å². The zero-order valence-corrected chi connectivity index (χ0v) is 12.1. The number of benzene rings is 1. The molecule has 1 aliphatic heterocycles. The van der Waals surface area contributed by atoms with Crippen LogP contribution in [0.25, 0.3) is 0 Å². The van der Waals surface area contributed by atoms with Crippen molar-refractivity contribution >= 4 is 21.6 Å². The van der Waals surface area contributed by atoms with Crippen LogP contribution in [-0.2, 0) is 0 Å². The molecule has 0 aromatic heterocycles. The second-order valence-electron chi connectivity index (χ2n) is 4.93. The molecule has 1 unspecified atom stereocenters. The van der Waals surface area contributed by atoms with E-state index in [1.54, 1.807) is 6.92 Å². The van der Waals surface area contributed by atoms with Crippen LogP contribution in [0.5, 0.6) is 0 Å². The van der Waals surface area contributed by atoms with Gasteiger partial charge in [-0.2, -0.15) is 0 Å². The Kier molecular flexibility index (Phi) is 4.10. The third-order valence-corrected chi connectivity index (χ3v) is 4.20. The fourth-order valence-corrected chi connectivity index (χ4v) is 3.10. The lowest BCUT2D eigenvalue weighted by atomic mass is 10.0. The van der Waals surface area contributed by atoms with Crippen LogP contribution in [0.3, 0.4) is 0 Å². The summed E-state index contributed by atoms with van der Waals surface area (Å²) in [7, 11) is 0. The summed E-state index contributed by atoms with van der Waals surface area (Å²) in [5, 5.41) is 9.57. The SMILES string of the molecule is CC1CCCCN1c1ccc([C@@H](C)O)cc1Br. The minimum Gasteiger partial charge on any atom is -0.389 e. The number of halogens is 1. The second-order valence-corrected chi connectivity index (χ2v) is 5.78. The van der Waals surface area contributed by atoms with Gasteiger partial charge in [-0.15, -0.1) is 0 Å². The van der Waals surface area contributed by atoms with Gasteiger partial charge in [0.25, 0.3) is 0 Å². The van der Waals surface area contributed by atoms with Crippen molar-refractivity contribution in [1.82, 2.24) is 0 Å². The van der Waals surface area contributed by atoms with Gasteiger partial charge in [-0.25, -0.2) is 0 Å². The molecule has 1 fully saturated rings. The Morgan fingerprint density at radius 3 is 2.76 bits per heavy atom. The van der Waals surface area contributed by atoms with Crippen molar-refractivity contribution < 1.29 is 5.11 Å². The maximum absolute atomic E-state index is 9.57. The van der Waals surface area contributed by atoms with Gasteiger partial charge >= 0.3 is 0 Å². The molecule has 1 heterocycles. The van der Waals surface area contributed by atoms with Crippen LogP contribution in [-0.4, -0.2) is 17.7 Å². The van der Waals surface area contributed by atoms with Crippen LogP contribution in [0, 0.1) is 0 Å². The normalized spacial score (nSPS) is 22.6. The van der Waals surface area contributed by atoms with E-state index in [-0.39, 0.29) is 0 Å².